The number of hydrogen-bond donors (Lipinski definition) is 0. The van der Waals surface area contributed by atoms with E-state index in [-0.39, 0.29) is 49.5 Å². The predicted molar refractivity (Wildman–Crippen MR) is 193 cm³/mol. The van der Waals surface area contributed by atoms with Crippen LogP contribution in [0.25, 0.3) is 0 Å². The second-order valence-electron chi connectivity index (χ2n) is 10.5. The van der Waals surface area contributed by atoms with Gasteiger partial charge in [0.15, 0.2) is 0 Å². The number of benzene rings is 1. The summed E-state index contributed by atoms with van der Waals surface area (Å²) in [6, 6.07) is 30.6. The van der Waals surface area contributed by atoms with E-state index in [1.54, 1.807) is 30.9 Å². The third-order valence-electron chi connectivity index (χ3n) is 6.68. The van der Waals surface area contributed by atoms with Gasteiger partial charge in [0, 0.05) is 93.0 Å². The van der Waals surface area contributed by atoms with Crippen molar-refractivity contribution in [2.45, 2.75) is 46.2 Å². The molecule has 21 heteroatoms. The Balaban J connectivity index is -0.00000167. The van der Waals surface area contributed by atoms with Crippen molar-refractivity contribution in [1.29, 1.82) is 5.26 Å². The number of carbonyl (C=O) groups is 1. The zero-order valence-electron chi connectivity index (χ0n) is 29.6. The van der Waals surface area contributed by atoms with Crippen LogP contribution < -0.4 is 5.11 Å². The summed E-state index contributed by atoms with van der Waals surface area (Å²) >= 11 is 0. The number of nitriles is 1. The monoisotopic (exact) mass is 860 g/mol. The van der Waals surface area contributed by atoms with Crippen molar-refractivity contribution in [3.05, 3.63) is 186 Å². The van der Waals surface area contributed by atoms with E-state index < -0.39 is 16.1 Å². The maximum atomic E-state index is 12.6. The largest absolute Gasteiger partial charge is 2.00 e. The summed E-state index contributed by atoms with van der Waals surface area (Å²) in [5, 5.41) is 49.5. The molecule has 0 aliphatic heterocycles. The summed E-state index contributed by atoms with van der Waals surface area (Å²) in [5.41, 5.74) is 5.16. The molecule has 5 aromatic rings. The van der Waals surface area contributed by atoms with Crippen LogP contribution in [-0.4, -0.2) is 56.8 Å². The Hall–Kier alpha value is -5.99. The minimum Gasteiger partial charge on any atom is -0.545 e. The number of carboxylic acid groups (broad SMARTS) is 1. The van der Waals surface area contributed by atoms with Gasteiger partial charge in [-0.05, 0) is 59.7 Å². The average Bonchev–Trinajstić information content (AvgIpc) is 3.10. The Kier molecular flexibility index (Phi) is 30.4. The molecule has 304 valence electrons. The molecular formula is C35H38N9Ni2O10-. The summed E-state index contributed by atoms with van der Waals surface area (Å²) in [4.78, 5) is 51.4. The summed E-state index contributed by atoms with van der Waals surface area (Å²) in [6.45, 7) is 4.38. The van der Waals surface area contributed by atoms with Gasteiger partial charge in [0.05, 0.1) is 45.0 Å². The van der Waals surface area contributed by atoms with Gasteiger partial charge in [-0.25, -0.2) is 0 Å². The number of carbonyl (C=O) groups excluding carboxylic acids is 1. The van der Waals surface area contributed by atoms with Crippen LogP contribution in [0.15, 0.2) is 116 Å². The predicted octanol–water partition coefficient (Wildman–Crippen LogP) is 2.43. The van der Waals surface area contributed by atoms with Gasteiger partial charge in [-0.2, -0.15) is 5.26 Å². The van der Waals surface area contributed by atoms with Crippen molar-refractivity contribution in [1.82, 2.24) is 29.7 Å². The average molecular weight is 862 g/mol. The molecule has 5 rings (SSSR count). The summed E-state index contributed by atoms with van der Waals surface area (Å²) in [7, 11) is 0. The van der Waals surface area contributed by atoms with Crippen molar-refractivity contribution in [3.8, 4) is 6.07 Å². The SMILES string of the molecule is CC#N.O.O.O=C([O-])c1c(CN(Cc2ccccn2)Cc2ccccn2)cccc1CN(Cc1ccccn1)Cc1ccccn1.O=[N+]([O-])[O-].O=[N+]([O-])[O-].[Ni+2].[Ni]. The van der Waals surface area contributed by atoms with E-state index in [1.807, 2.05) is 91.0 Å². The first kappa shape index (κ1) is 54.4. The standard InChI is InChI=1S/C33H32N6O2.C2H3N.2NO3.2Ni.2H2O/c40-33(41)32-26(20-38(22-28-12-1-5-16-34-28)23-29-13-2-6-17-35-29)10-9-11-27(32)21-39(24-30-14-3-7-18-36-30)25-31-15-4-8-19-37-31;1-2-3;2*2-1(3)4;;;;/h1-19H,20-25H2,(H,40,41);1H3;;;;;2*1H2/q;;2*-1;;+2;;/p-1. The molecule has 19 nitrogen and oxygen atoms in total. The summed E-state index contributed by atoms with van der Waals surface area (Å²) in [6.07, 6.45) is 7.05. The number of nitrogens with zero attached hydrogens (tertiary/aromatic N) is 9. The van der Waals surface area contributed by atoms with Crippen LogP contribution in [0.3, 0.4) is 0 Å². The van der Waals surface area contributed by atoms with E-state index in [1.165, 1.54) is 6.92 Å². The molecule has 0 saturated heterocycles. The second kappa shape index (κ2) is 31.4. The third kappa shape index (κ3) is 22.9. The number of pyridine rings is 4. The Bertz CT molecular complexity index is 1640. The molecule has 56 heavy (non-hydrogen) atoms. The van der Waals surface area contributed by atoms with Gasteiger partial charge in [0.2, 0.25) is 0 Å². The maximum Gasteiger partial charge on any atom is 2.00 e. The molecule has 0 saturated carbocycles. The van der Waals surface area contributed by atoms with Crippen molar-refractivity contribution < 1.29 is 64.0 Å². The molecule has 0 fully saturated rings. The van der Waals surface area contributed by atoms with Gasteiger partial charge in [-0.3, -0.25) is 29.7 Å². The first-order valence-corrected chi connectivity index (χ1v) is 15.3. The topological polar surface area (TPSA) is 317 Å². The first-order chi connectivity index (χ1) is 25.0. The van der Waals surface area contributed by atoms with E-state index in [2.05, 4.69) is 29.7 Å². The summed E-state index contributed by atoms with van der Waals surface area (Å²) < 4.78 is 0. The molecule has 0 atom stereocenters. The molecule has 0 spiro atoms. The Morgan fingerprint density at radius 1 is 0.589 bits per heavy atom. The van der Waals surface area contributed by atoms with Gasteiger partial charge in [0.25, 0.3) is 0 Å². The van der Waals surface area contributed by atoms with Crippen LogP contribution in [0.2, 0.25) is 0 Å². The van der Waals surface area contributed by atoms with Crippen LogP contribution in [0.4, 0.5) is 0 Å². The molecule has 0 radical (unpaired) electrons. The van der Waals surface area contributed by atoms with Gasteiger partial charge in [-0.15, -0.1) is 0 Å². The zero-order chi connectivity index (χ0) is 38.1. The van der Waals surface area contributed by atoms with Crippen molar-refractivity contribution in [3.63, 3.8) is 0 Å². The van der Waals surface area contributed by atoms with E-state index in [0.717, 1.165) is 22.8 Å². The fourth-order valence-corrected chi connectivity index (χ4v) is 4.88. The molecular weight excluding hydrogens is 824 g/mol. The molecule has 0 bridgehead atoms. The van der Waals surface area contributed by atoms with Gasteiger partial charge < -0.3 is 51.5 Å². The van der Waals surface area contributed by atoms with E-state index in [0.29, 0.717) is 50.4 Å². The maximum absolute atomic E-state index is 12.6. The fraction of sp³-hybridized carbons (Fsp3) is 0.200. The van der Waals surface area contributed by atoms with Crippen LogP contribution in [0.5, 0.6) is 0 Å². The van der Waals surface area contributed by atoms with Crippen LogP contribution in [0.1, 0.15) is 51.2 Å². The number of aromatic nitrogens is 4. The molecule has 0 unspecified atom stereocenters. The molecule has 1 aromatic carbocycles. The number of rotatable bonds is 13. The van der Waals surface area contributed by atoms with Crippen molar-refractivity contribution >= 4 is 5.97 Å². The van der Waals surface area contributed by atoms with E-state index in [4.69, 9.17) is 35.9 Å². The molecule has 4 N–H and O–H groups in total. The van der Waals surface area contributed by atoms with Gasteiger partial charge in [-0.1, -0.05) is 42.5 Å². The minimum absolute atomic E-state index is 0. The van der Waals surface area contributed by atoms with Crippen LogP contribution in [0, 0.1) is 42.0 Å². The zero-order valence-corrected chi connectivity index (χ0v) is 31.6. The number of carboxylic acids is 1. The van der Waals surface area contributed by atoms with Gasteiger partial charge in [0.1, 0.15) is 0 Å². The molecule has 4 aromatic heterocycles. The molecule has 0 amide bonds. The number of aromatic carboxylic acids is 1. The van der Waals surface area contributed by atoms with Gasteiger partial charge >= 0.3 is 16.5 Å². The normalized spacial score (nSPS) is 9.18. The quantitative estimate of drug-likeness (QED) is 0.0932. The third-order valence-corrected chi connectivity index (χ3v) is 6.68. The Morgan fingerprint density at radius 2 is 0.839 bits per heavy atom. The molecule has 4 heterocycles. The van der Waals surface area contributed by atoms with Crippen molar-refractivity contribution in [2.24, 2.45) is 0 Å². The Labute approximate surface area is 342 Å². The van der Waals surface area contributed by atoms with E-state index >= 15 is 0 Å². The summed E-state index contributed by atoms with van der Waals surface area (Å²) in [5.74, 6) is -1.19. The van der Waals surface area contributed by atoms with Crippen LogP contribution >= 0.6 is 0 Å². The number of hydrogen-bond acceptors (Lipinski definition) is 15. The minimum atomic E-state index is -1.75. The van der Waals surface area contributed by atoms with E-state index in [9.17, 15) is 9.90 Å². The smallest absolute Gasteiger partial charge is 0.545 e. The fourth-order valence-electron chi connectivity index (χ4n) is 4.88. The second-order valence-corrected chi connectivity index (χ2v) is 10.5. The van der Waals surface area contributed by atoms with Crippen molar-refractivity contribution in [2.75, 3.05) is 0 Å². The molecule has 0 aliphatic carbocycles. The van der Waals surface area contributed by atoms with Crippen LogP contribution in [-0.2, 0) is 72.3 Å². The first-order valence-electron chi connectivity index (χ1n) is 15.3. The Morgan fingerprint density at radius 3 is 1.04 bits per heavy atom. The molecule has 0 aliphatic rings.